The molecule has 0 radical (unpaired) electrons. The second kappa shape index (κ2) is 6.60. The topological polar surface area (TPSA) is 70.4 Å². The zero-order valence-corrected chi connectivity index (χ0v) is 13.6. The number of nitrogens with zero attached hydrogens (tertiary/aromatic N) is 3. The molecule has 0 bridgehead atoms. The van der Waals surface area contributed by atoms with Crippen LogP contribution in [0.4, 0.5) is 10.6 Å². The quantitative estimate of drug-likeness (QED) is 0.883. The minimum Gasteiger partial charge on any atom is -0.395 e. The molecule has 1 heterocycles. The molecule has 1 aliphatic rings. The van der Waals surface area contributed by atoms with E-state index in [0.29, 0.717) is 17.4 Å². The number of aliphatic hydroxyl groups is 1. The van der Waals surface area contributed by atoms with Crippen LogP contribution in [0, 0.1) is 6.92 Å². The molecule has 1 fully saturated rings. The summed E-state index contributed by atoms with van der Waals surface area (Å²) in [5, 5.41) is 17.0. The Kier molecular flexibility index (Phi) is 4.54. The van der Waals surface area contributed by atoms with E-state index in [1.54, 1.807) is 15.6 Å². The molecule has 1 aliphatic carbocycles. The number of amides is 2. The minimum absolute atomic E-state index is 0.0418. The van der Waals surface area contributed by atoms with E-state index < -0.39 is 0 Å². The Hall–Kier alpha value is -2.05. The van der Waals surface area contributed by atoms with Crippen molar-refractivity contribution in [2.45, 2.75) is 25.8 Å². The molecule has 0 unspecified atom stereocenters. The highest BCUT2D eigenvalue weighted by atomic mass is 35.5. The maximum atomic E-state index is 12.3. The number of urea groups is 1. The molecule has 23 heavy (non-hydrogen) atoms. The van der Waals surface area contributed by atoms with Gasteiger partial charge in [-0.2, -0.15) is 0 Å². The predicted molar refractivity (Wildman–Crippen MR) is 89.1 cm³/mol. The molecule has 0 aliphatic heterocycles. The van der Waals surface area contributed by atoms with E-state index in [2.05, 4.69) is 10.4 Å². The van der Waals surface area contributed by atoms with Gasteiger partial charge in [0.25, 0.3) is 0 Å². The Morgan fingerprint density at radius 1 is 1.48 bits per heavy atom. The molecule has 0 spiro atoms. The summed E-state index contributed by atoms with van der Waals surface area (Å²) in [6.45, 7) is 2.21. The Bertz CT molecular complexity index is 712. The zero-order chi connectivity index (χ0) is 16.4. The van der Waals surface area contributed by atoms with Gasteiger partial charge in [0.05, 0.1) is 12.3 Å². The number of halogens is 1. The van der Waals surface area contributed by atoms with Crippen LogP contribution < -0.4 is 5.32 Å². The van der Waals surface area contributed by atoms with Crippen LogP contribution in [0.15, 0.2) is 30.3 Å². The van der Waals surface area contributed by atoms with Crippen LogP contribution in [0.25, 0.3) is 5.69 Å². The number of rotatable bonds is 5. The first-order valence-electron chi connectivity index (χ1n) is 7.59. The fraction of sp³-hybridized carbons (Fsp3) is 0.375. The van der Waals surface area contributed by atoms with Crippen molar-refractivity contribution >= 4 is 23.4 Å². The van der Waals surface area contributed by atoms with Crippen molar-refractivity contribution in [2.24, 2.45) is 0 Å². The molecule has 7 heteroatoms. The van der Waals surface area contributed by atoms with Gasteiger partial charge in [0.2, 0.25) is 0 Å². The van der Waals surface area contributed by atoms with Crippen molar-refractivity contribution in [3.8, 4) is 5.69 Å². The molecule has 2 N–H and O–H groups in total. The highest BCUT2D eigenvalue weighted by molar-refractivity contribution is 6.30. The number of anilines is 1. The number of nitrogens with one attached hydrogen (secondary N) is 1. The summed E-state index contributed by atoms with van der Waals surface area (Å²) >= 11 is 6.02. The van der Waals surface area contributed by atoms with E-state index in [1.165, 1.54) is 0 Å². The van der Waals surface area contributed by atoms with Crippen molar-refractivity contribution in [3.05, 3.63) is 41.0 Å². The average Bonchev–Trinajstić information content (AvgIpc) is 3.28. The van der Waals surface area contributed by atoms with E-state index in [4.69, 9.17) is 16.7 Å². The normalized spacial score (nSPS) is 13.9. The molecule has 0 atom stereocenters. The maximum Gasteiger partial charge on any atom is 0.323 e. The van der Waals surface area contributed by atoms with Crippen LogP contribution in [0.3, 0.4) is 0 Å². The van der Waals surface area contributed by atoms with Crippen LogP contribution in [-0.4, -0.2) is 45.0 Å². The van der Waals surface area contributed by atoms with Gasteiger partial charge < -0.3 is 10.0 Å². The van der Waals surface area contributed by atoms with E-state index in [9.17, 15) is 4.79 Å². The van der Waals surface area contributed by atoms with Gasteiger partial charge >= 0.3 is 6.03 Å². The molecular weight excluding hydrogens is 316 g/mol. The third-order valence-corrected chi connectivity index (χ3v) is 4.00. The lowest BCUT2D eigenvalue weighted by Crippen LogP contribution is -2.38. The van der Waals surface area contributed by atoms with Gasteiger partial charge in [0, 0.05) is 29.4 Å². The van der Waals surface area contributed by atoms with Crippen molar-refractivity contribution in [3.63, 3.8) is 0 Å². The van der Waals surface area contributed by atoms with Crippen LogP contribution >= 0.6 is 11.6 Å². The SMILES string of the molecule is Cc1cc(NC(=O)N(CCO)C2CC2)nn1-c1cccc(Cl)c1. The second-order valence-electron chi connectivity index (χ2n) is 5.64. The smallest absolute Gasteiger partial charge is 0.323 e. The first-order chi connectivity index (χ1) is 11.1. The van der Waals surface area contributed by atoms with Gasteiger partial charge in [-0.15, -0.1) is 5.10 Å². The molecule has 3 rings (SSSR count). The molecule has 0 saturated heterocycles. The zero-order valence-electron chi connectivity index (χ0n) is 12.9. The summed E-state index contributed by atoms with van der Waals surface area (Å²) in [7, 11) is 0. The first kappa shape index (κ1) is 15.8. The Morgan fingerprint density at radius 3 is 2.91 bits per heavy atom. The fourth-order valence-electron chi connectivity index (χ4n) is 2.53. The molecule has 2 amide bonds. The Morgan fingerprint density at radius 2 is 2.26 bits per heavy atom. The summed E-state index contributed by atoms with van der Waals surface area (Å²) in [5.74, 6) is 0.482. The van der Waals surface area contributed by atoms with Gasteiger partial charge in [0.15, 0.2) is 5.82 Å². The van der Waals surface area contributed by atoms with Gasteiger partial charge in [-0.3, -0.25) is 5.32 Å². The summed E-state index contributed by atoms with van der Waals surface area (Å²) in [4.78, 5) is 14.0. The number of benzene rings is 1. The van der Waals surface area contributed by atoms with E-state index in [0.717, 1.165) is 24.2 Å². The standard InChI is InChI=1S/C16H19ClN4O2/c1-11-9-15(18-16(23)20(7-8-22)13-5-6-13)19-21(11)14-4-2-3-12(17)10-14/h2-4,9-10,13,22H,5-8H2,1H3,(H,18,19,23). The van der Waals surface area contributed by atoms with Crippen molar-refractivity contribution in [1.29, 1.82) is 0 Å². The molecule has 1 saturated carbocycles. The van der Waals surface area contributed by atoms with Crippen molar-refractivity contribution in [1.82, 2.24) is 14.7 Å². The Balaban J connectivity index is 1.76. The minimum atomic E-state index is -0.225. The third-order valence-electron chi connectivity index (χ3n) is 3.76. The monoisotopic (exact) mass is 334 g/mol. The van der Waals surface area contributed by atoms with Crippen LogP contribution in [0.1, 0.15) is 18.5 Å². The number of carbonyl (C=O) groups excluding carboxylic acids is 1. The van der Waals surface area contributed by atoms with E-state index in [-0.39, 0.29) is 18.7 Å². The summed E-state index contributed by atoms with van der Waals surface area (Å²) in [5.41, 5.74) is 1.73. The number of carbonyl (C=O) groups is 1. The first-order valence-corrected chi connectivity index (χ1v) is 7.97. The highest BCUT2D eigenvalue weighted by Gasteiger charge is 2.32. The summed E-state index contributed by atoms with van der Waals surface area (Å²) < 4.78 is 1.73. The Labute approximate surface area is 139 Å². The number of hydrogen-bond acceptors (Lipinski definition) is 3. The van der Waals surface area contributed by atoms with Crippen molar-refractivity contribution < 1.29 is 9.90 Å². The lowest BCUT2D eigenvalue weighted by molar-refractivity contribution is 0.185. The van der Waals surface area contributed by atoms with Crippen LogP contribution in [0.2, 0.25) is 5.02 Å². The number of hydrogen-bond donors (Lipinski definition) is 2. The molecular formula is C16H19ClN4O2. The molecule has 1 aromatic heterocycles. The third kappa shape index (κ3) is 3.65. The van der Waals surface area contributed by atoms with E-state index >= 15 is 0 Å². The number of aromatic nitrogens is 2. The molecule has 122 valence electrons. The highest BCUT2D eigenvalue weighted by Crippen LogP contribution is 2.27. The number of aliphatic hydroxyl groups excluding tert-OH is 1. The number of aryl methyl sites for hydroxylation is 1. The molecule has 1 aromatic carbocycles. The van der Waals surface area contributed by atoms with Gasteiger partial charge in [-0.1, -0.05) is 17.7 Å². The average molecular weight is 335 g/mol. The van der Waals surface area contributed by atoms with E-state index in [1.807, 2.05) is 31.2 Å². The molecule has 2 aromatic rings. The lowest BCUT2D eigenvalue weighted by Gasteiger charge is -2.20. The fourth-order valence-corrected chi connectivity index (χ4v) is 2.71. The van der Waals surface area contributed by atoms with Gasteiger partial charge in [0.1, 0.15) is 0 Å². The molecule has 6 nitrogen and oxygen atoms in total. The predicted octanol–water partition coefficient (Wildman–Crippen LogP) is 2.82. The largest absolute Gasteiger partial charge is 0.395 e. The van der Waals surface area contributed by atoms with Crippen LogP contribution in [-0.2, 0) is 0 Å². The van der Waals surface area contributed by atoms with Gasteiger partial charge in [-0.05, 0) is 38.0 Å². The second-order valence-corrected chi connectivity index (χ2v) is 6.08. The lowest BCUT2D eigenvalue weighted by atomic mass is 10.3. The summed E-state index contributed by atoms with van der Waals surface area (Å²) in [6.07, 6.45) is 1.98. The van der Waals surface area contributed by atoms with Crippen LogP contribution in [0.5, 0.6) is 0 Å². The van der Waals surface area contributed by atoms with Crippen molar-refractivity contribution in [2.75, 3.05) is 18.5 Å². The summed E-state index contributed by atoms with van der Waals surface area (Å²) in [6, 6.07) is 9.19. The maximum absolute atomic E-state index is 12.3. The van der Waals surface area contributed by atoms with Gasteiger partial charge in [-0.25, -0.2) is 9.48 Å².